The summed E-state index contributed by atoms with van der Waals surface area (Å²) in [6.45, 7) is 1.98. The first kappa shape index (κ1) is 20.9. The van der Waals surface area contributed by atoms with Gasteiger partial charge in [-0.15, -0.1) is 0 Å². The molecule has 0 atom stereocenters. The van der Waals surface area contributed by atoms with Gasteiger partial charge in [0.25, 0.3) is 5.91 Å². The van der Waals surface area contributed by atoms with Crippen molar-refractivity contribution < 1.29 is 26.5 Å². The van der Waals surface area contributed by atoms with Crippen molar-refractivity contribution >= 4 is 16.0 Å². The van der Waals surface area contributed by atoms with Crippen LogP contribution in [-0.4, -0.2) is 45.2 Å². The van der Waals surface area contributed by atoms with Gasteiger partial charge in [-0.25, -0.2) is 4.39 Å². The third-order valence-electron chi connectivity index (χ3n) is 3.86. The minimum absolute atomic E-state index is 0.0476. The number of nitrogens with zero attached hydrogens (tertiary/aromatic N) is 1. The molecular weight excluding hydrogens is 373 g/mol. The van der Waals surface area contributed by atoms with Crippen molar-refractivity contribution in [2.24, 2.45) is 0 Å². The van der Waals surface area contributed by atoms with Crippen molar-refractivity contribution in [2.45, 2.75) is 13.5 Å². The molecule has 0 N–H and O–H groups in total. The molecular formula is C19H22FNO5S. The van der Waals surface area contributed by atoms with Crippen molar-refractivity contribution in [1.29, 1.82) is 0 Å². The topological polar surface area (TPSA) is 72.9 Å². The van der Waals surface area contributed by atoms with Crippen LogP contribution in [-0.2, 0) is 21.4 Å². The molecule has 27 heavy (non-hydrogen) atoms. The van der Waals surface area contributed by atoms with E-state index in [1.165, 1.54) is 43.2 Å². The van der Waals surface area contributed by atoms with E-state index in [4.69, 9.17) is 8.92 Å². The summed E-state index contributed by atoms with van der Waals surface area (Å²) < 4.78 is 47.8. The molecule has 0 heterocycles. The van der Waals surface area contributed by atoms with Crippen LogP contribution in [0.4, 0.5) is 4.39 Å². The Hall–Kier alpha value is -2.45. The second kappa shape index (κ2) is 9.48. The van der Waals surface area contributed by atoms with Crippen molar-refractivity contribution in [1.82, 2.24) is 4.90 Å². The molecule has 1 amide bonds. The largest absolute Gasteiger partial charge is 0.383 e. The lowest BCUT2D eigenvalue weighted by atomic mass is 10.1. The quantitative estimate of drug-likeness (QED) is 0.611. The maximum Gasteiger partial charge on any atom is 0.308 e. The molecule has 8 heteroatoms. The van der Waals surface area contributed by atoms with E-state index in [0.29, 0.717) is 5.56 Å². The van der Waals surface area contributed by atoms with Crippen molar-refractivity contribution in [3.63, 3.8) is 0 Å². The lowest BCUT2D eigenvalue weighted by molar-refractivity contribution is 0.0675. The fourth-order valence-corrected chi connectivity index (χ4v) is 2.93. The zero-order valence-electron chi connectivity index (χ0n) is 15.2. The summed E-state index contributed by atoms with van der Waals surface area (Å²) in [5.41, 5.74) is 0.434. The summed E-state index contributed by atoms with van der Waals surface area (Å²) >= 11 is 0. The van der Waals surface area contributed by atoms with E-state index < -0.39 is 21.8 Å². The van der Waals surface area contributed by atoms with Crippen LogP contribution >= 0.6 is 0 Å². The lowest BCUT2D eigenvalue weighted by Crippen LogP contribution is -2.34. The smallest absolute Gasteiger partial charge is 0.308 e. The van der Waals surface area contributed by atoms with Gasteiger partial charge in [-0.05, 0) is 25.1 Å². The van der Waals surface area contributed by atoms with Crippen LogP contribution in [0.15, 0.2) is 48.5 Å². The van der Waals surface area contributed by atoms with Crippen LogP contribution in [0.1, 0.15) is 22.8 Å². The molecule has 0 fully saturated rings. The van der Waals surface area contributed by atoms with E-state index in [0.717, 1.165) is 0 Å². The second-order valence-corrected chi connectivity index (χ2v) is 7.60. The Morgan fingerprint density at radius 3 is 2.44 bits per heavy atom. The number of methoxy groups -OCH3 is 1. The highest BCUT2D eigenvalue weighted by molar-refractivity contribution is 7.87. The maximum absolute atomic E-state index is 14.0. The molecule has 0 saturated carbocycles. The van der Waals surface area contributed by atoms with E-state index in [1.54, 1.807) is 24.3 Å². The van der Waals surface area contributed by atoms with Gasteiger partial charge >= 0.3 is 10.1 Å². The average molecular weight is 395 g/mol. The molecule has 0 aliphatic carbocycles. The zero-order valence-corrected chi connectivity index (χ0v) is 16.0. The van der Waals surface area contributed by atoms with Gasteiger partial charge in [0.1, 0.15) is 11.6 Å². The lowest BCUT2D eigenvalue weighted by Gasteiger charge is -2.24. The SMILES string of the molecule is CCS(=O)(=O)Oc1ccccc1CN(CCOC)C(=O)c1ccccc1F. The number of carbonyl (C=O) groups is 1. The van der Waals surface area contributed by atoms with Crippen LogP contribution < -0.4 is 4.18 Å². The number of amides is 1. The van der Waals surface area contributed by atoms with Crippen LogP contribution in [0.3, 0.4) is 0 Å². The Bertz CT molecular complexity index is 885. The Morgan fingerprint density at radius 1 is 1.11 bits per heavy atom. The van der Waals surface area contributed by atoms with Gasteiger partial charge < -0.3 is 13.8 Å². The normalized spacial score (nSPS) is 11.2. The fraction of sp³-hybridized carbons (Fsp3) is 0.316. The van der Waals surface area contributed by atoms with Crippen LogP contribution in [0.2, 0.25) is 0 Å². The van der Waals surface area contributed by atoms with E-state index in [-0.39, 0.29) is 36.8 Å². The van der Waals surface area contributed by atoms with Crippen molar-refractivity contribution in [2.75, 3.05) is 26.0 Å². The number of benzene rings is 2. The Labute approximate surface area is 158 Å². The Morgan fingerprint density at radius 2 is 1.78 bits per heavy atom. The predicted octanol–water partition coefficient (Wildman–Crippen LogP) is 2.84. The monoisotopic (exact) mass is 395 g/mol. The molecule has 2 aromatic carbocycles. The second-order valence-electron chi connectivity index (χ2n) is 5.74. The molecule has 0 unspecified atom stereocenters. The number of hydrogen-bond acceptors (Lipinski definition) is 5. The molecule has 6 nitrogen and oxygen atoms in total. The molecule has 146 valence electrons. The van der Waals surface area contributed by atoms with Crippen LogP contribution in [0, 0.1) is 5.82 Å². The summed E-state index contributed by atoms with van der Waals surface area (Å²) in [7, 11) is -2.22. The van der Waals surface area contributed by atoms with E-state index in [2.05, 4.69) is 0 Å². The highest BCUT2D eigenvalue weighted by Crippen LogP contribution is 2.23. The first-order chi connectivity index (χ1) is 12.9. The van der Waals surface area contributed by atoms with E-state index >= 15 is 0 Å². The Kier molecular flexibility index (Phi) is 7.32. The average Bonchev–Trinajstić information content (AvgIpc) is 2.66. The van der Waals surface area contributed by atoms with Gasteiger partial charge in [-0.2, -0.15) is 8.42 Å². The van der Waals surface area contributed by atoms with E-state index in [1.807, 2.05) is 0 Å². The van der Waals surface area contributed by atoms with Gasteiger partial charge in [-0.3, -0.25) is 4.79 Å². The third-order valence-corrected chi connectivity index (χ3v) is 5.00. The zero-order chi connectivity index (χ0) is 19.9. The minimum Gasteiger partial charge on any atom is -0.383 e. The summed E-state index contributed by atoms with van der Waals surface area (Å²) in [4.78, 5) is 14.2. The standard InChI is InChI=1S/C19H22FNO5S/c1-3-27(23,24)26-18-11-7-4-8-15(18)14-21(12-13-25-2)19(22)16-9-5-6-10-17(16)20/h4-11H,3,12-14H2,1-2H3. The number of hydrogen-bond donors (Lipinski definition) is 0. The predicted molar refractivity (Wildman–Crippen MR) is 99.5 cm³/mol. The molecule has 0 aliphatic heterocycles. The summed E-state index contributed by atoms with van der Waals surface area (Å²) in [6, 6.07) is 12.2. The first-order valence-corrected chi connectivity index (χ1v) is 9.98. The van der Waals surface area contributed by atoms with Crippen LogP contribution in [0.5, 0.6) is 5.75 Å². The fourth-order valence-electron chi connectivity index (χ4n) is 2.38. The molecule has 0 bridgehead atoms. The minimum atomic E-state index is -3.72. The van der Waals surface area contributed by atoms with Gasteiger partial charge in [0.05, 0.1) is 17.9 Å². The van der Waals surface area contributed by atoms with Gasteiger partial charge in [0.15, 0.2) is 0 Å². The number of rotatable bonds is 9. The Balaban J connectivity index is 2.32. The summed E-state index contributed by atoms with van der Waals surface area (Å²) in [5, 5.41) is 0. The van der Waals surface area contributed by atoms with Crippen molar-refractivity contribution in [3.8, 4) is 5.75 Å². The van der Waals surface area contributed by atoms with E-state index in [9.17, 15) is 17.6 Å². The third kappa shape index (κ3) is 5.77. The van der Waals surface area contributed by atoms with Crippen molar-refractivity contribution in [3.05, 3.63) is 65.5 Å². The number of carbonyl (C=O) groups excluding carboxylic acids is 1. The molecule has 0 aromatic heterocycles. The maximum atomic E-state index is 14.0. The summed E-state index contributed by atoms with van der Waals surface area (Å²) in [5.74, 6) is -1.17. The van der Waals surface area contributed by atoms with Gasteiger partial charge in [0, 0.05) is 25.8 Å². The molecule has 2 rings (SSSR count). The molecule has 0 aliphatic rings. The van der Waals surface area contributed by atoms with Gasteiger partial charge in [0.2, 0.25) is 0 Å². The number of halogens is 1. The van der Waals surface area contributed by atoms with Crippen LogP contribution in [0.25, 0.3) is 0 Å². The highest BCUT2D eigenvalue weighted by atomic mass is 32.2. The molecule has 0 spiro atoms. The first-order valence-electron chi connectivity index (χ1n) is 8.40. The summed E-state index contributed by atoms with van der Waals surface area (Å²) in [6.07, 6.45) is 0. The number of para-hydroxylation sites is 1. The molecule has 2 aromatic rings. The molecule has 0 radical (unpaired) electrons. The number of ether oxygens (including phenoxy) is 1. The molecule has 0 saturated heterocycles. The highest BCUT2D eigenvalue weighted by Gasteiger charge is 2.21. The van der Waals surface area contributed by atoms with Gasteiger partial charge in [-0.1, -0.05) is 30.3 Å².